The monoisotopic (exact) mass is 196 g/mol. The predicted octanol–water partition coefficient (Wildman–Crippen LogP) is 2.08. The van der Waals surface area contributed by atoms with E-state index >= 15 is 0 Å². The number of carbonyl (C=O) groups excluding carboxylic acids is 1. The number of rotatable bonds is 1. The average Bonchev–Trinajstić information content (AvgIpc) is 2.08. The molecule has 0 aromatic rings. The van der Waals surface area contributed by atoms with Gasteiger partial charge in [-0.15, -0.1) is 0 Å². The molecule has 2 nitrogen and oxygen atoms in total. The first-order valence-electron chi connectivity index (χ1n) is 4.09. The Morgan fingerprint density at radius 3 is 2.23 bits per heavy atom. The van der Waals surface area contributed by atoms with Gasteiger partial charge in [0.25, 0.3) is 11.6 Å². The Labute approximate surface area is 74.1 Å². The van der Waals surface area contributed by atoms with E-state index in [0.29, 0.717) is 6.42 Å². The Bertz CT molecular complexity index is 217. The van der Waals surface area contributed by atoms with Crippen LogP contribution in [0.1, 0.15) is 25.7 Å². The molecule has 0 aromatic heterocycles. The van der Waals surface area contributed by atoms with Crippen molar-refractivity contribution in [3.05, 3.63) is 0 Å². The number of methoxy groups -OCH3 is 1. The maximum absolute atomic E-state index is 13.5. The van der Waals surface area contributed by atoms with E-state index in [0.717, 1.165) is 7.11 Å². The van der Waals surface area contributed by atoms with Crippen molar-refractivity contribution < 1.29 is 22.7 Å². The lowest BCUT2D eigenvalue weighted by molar-refractivity contribution is -0.198. The molecule has 1 aliphatic rings. The first-order valence-corrected chi connectivity index (χ1v) is 4.09. The third-order valence-corrected chi connectivity index (χ3v) is 2.35. The fourth-order valence-electron chi connectivity index (χ4n) is 1.51. The fraction of sp³-hybridized carbons (Fsp3) is 0.875. The molecule has 0 saturated heterocycles. The highest BCUT2D eigenvalue weighted by Gasteiger charge is 2.62. The summed E-state index contributed by atoms with van der Waals surface area (Å²) in [7, 11) is 0.911. The second kappa shape index (κ2) is 3.20. The maximum atomic E-state index is 13.5. The van der Waals surface area contributed by atoms with Crippen LogP contribution in [0.3, 0.4) is 0 Å². The maximum Gasteiger partial charge on any atom is 0.350 e. The van der Waals surface area contributed by atoms with Crippen LogP contribution >= 0.6 is 0 Å². The fourth-order valence-corrected chi connectivity index (χ4v) is 1.51. The zero-order valence-corrected chi connectivity index (χ0v) is 7.28. The zero-order chi connectivity index (χ0) is 10.1. The third-order valence-electron chi connectivity index (χ3n) is 2.35. The van der Waals surface area contributed by atoms with Crippen LogP contribution in [0, 0.1) is 0 Å². The summed E-state index contributed by atoms with van der Waals surface area (Å²) in [6, 6.07) is 0. The van der Waals surface area contributed by atoms with Crippen LogP contribution in [0.25, 0.3) is 0 Å². The minimum absolute atomic E-state index is 0.246. The van der Waals surface area contributed by atoms with Crippen molar-refractivity contribution in [1.29, 1.82) is 0 Å². The van der Waals surface area contributed by atoms with E-state index < -0.39 is 30.4 Å². The van der Waals surface area contributed by atoms with E-state index in [-0.39, 0.29) is 6.42 Å². The summed E-state index contributed by atoms with van der Waals surface area (Å²) in [6.07, 6.45) is -0.498. The number of hydrogen-bond donors (Lipinski definition) is 0. The Balaban J connectivity index is 2.90. The Kier molecular flexibility index (Phi) is 2.54. The topological polar surface area (TPSA) is 26.3 Å². The second-order valence-electron chi connectivity index (χ2n) is 3.20. The second-order valence-corrected chi connectivity index (χ2v) is 3.20. The van der Waals surface area contributed by atoms with E-state index in [1.807, 2.05) is 0 Å². The first kappa shape index (κ1) is 10.3. The van der Waals surface area contributed by atoms with Crippen molar-refractivity contribution in [3.8, 4) is 0 Å². The molecule has 13 heavy (non-hydrogen) atoms. The summed E-state index contributed by atoms with van der Waals surface area (Å²) in [4.78, 5) is 10.8. The molecule has 0 amide bonds. The van der Waals surface area contributed by atoms with E-state index in [4.69, 9.17) is 0 Å². The molecular weight excluding hydrogens is 185 g/mol. The minimum atomic E-state index is -3.58. The number of alkyl halides is 3. The normalized spacial score (nSPS) is 32.6. The SMILES string of the molecule is COC(=O)C1(F)CCCCC1(F)F. The van der Waals surface area contributed by atoms with Crippen molar-refractivity contribution >= 4 is 5.97 Å². The van der Waals surface area contributed by atoms with Crippen LogP contribution in [0.15, 0.2) is 0 Å². The van der Waals surface area contributed by atoms with Gasteiger partial charge in [-0.2, -0.15) is 0 Å². The molecule has 1 aliphatic carbocycles. The first-order chi connectivity index (χ1) is 5.94. The summed E-state index contributed by atoms with van der Waals surface area (Å²) in [6.45, 7) is 0. The molecule has 0 heterocycles. The van der Waals surface area contributed by atoms with Crippen LogP contribution in [-0.4, -0.2) is 24.7 Å². The lowest BCUT2D eigenvalue weighted by atomic mass is 9.83. The summed E-state index contributed by atoms with van der Waals surface area (Å²) in [5, 5.41) is 0. The summed E-state index contributed by atoms with van der Waals surface area (Å²) >= 11 is 0. The van der Waals surface area contributed by atoms with E-state index in [9.17, 15) is 18.0 Å². The Morgan fingerprint density at radius 2 is 1.77 bits per heavy atom. The smallest absolute Gasteiger partial charge is 0.350 e. The molecule has 5 heteroatoms. The highest BCUT2D eigenvalue weighted by molar-refractivity contribution is 5.80. The number of ether oxygens (including phenoxy) is 1. The molecule has 1 unspecified atom stereocenters. The van der Waals surface area contributed by atoms with Crippen LogP contribution in [0.4, 0.5) is 13.2 Å². The van der Waals surface area contributed by atoms with Crippen molar-refractivity contribution in [2.24, 2.45) is 0 Å². The van der Waals surface area contributed by atoms with Gasteiger partial charge >= 0.3 is 5.97 Å². The molecular formula is C8H11F3O2. The molecule has 0 N–H and O–H groups in total. The molecule has 1 saturated carbocycles. The summed E-state index contributed by atoms with van der Waals surface area (Å²) in [5.41, 5.74) is -3.11. The van der Waals surface area contributed by atoms with E-state index in [1.165, 1.54) is 0 Å². The molecule has 0 spiro atoms. The van der Waals surface area contributed by atoms with Crippen molar-refractivity contribution in [2.75, 3.05) is 7.11 Å². The highest BCUT2D eigenvalue weighted by atomic mass is 19.3. The molecule has 0 bridgehead atoms. The van der Waals surface area contributed by atoms with Crippen LogP contribution < -0.4 is 0 Å². The summed E-state index contributed by atoms with van der Waals surface area (Å²) in [5.74, 6) is -5.05. The van der Waals surface area contributed by atoms with Gasteiger partial charge in [0.1, 0.15) is 0 Å². The molecule has 76 valence electrons. The van der Waals surface area contributed by atoms with Gasteiger partial charge in [-0.3, -0.25) is 0 Å². The lowest BCUT2D eigenvalue weighted by Crippen LogP contribution is -2.53. The highest BCUT2D eigenvalue weighted by Crippen LogP contribution is 2.45. The van der Waals surface area contributed by atoms with Gasteiger partial charge in [-0.05, 0) is 19.3 Å². The van der Waals surface area contributed by atoms with Gasteiger partial charge in [-0.1, -0.05) is 0 Å². The number of carbonyl (C=O) groups is 1. The quantitative estimate of drug-likeness (QED) is 0.600. The van der Waals surface area contributed by atoms with Crippen molar-refractivity contribution in [1.82, 2.24) is 0 Å². The number of halogens is 3. The van der Waals surface area contributed by atoms with Gasteiger partial charge in [0.05, 0.1) is 7.11 Å². The molecule has 1 rings (SSSR count). The standard InChI is InChI=1S/C8H11F3O2/c1-13-6(12)7(9)4-2-3-5-8(7,10)11/h2-5H2,1H3. The van der Waals surface area contributed by atoms with Gasteiger partial charge in [0, 0.05) is 6.42 Å². The van der Waals surface area contributed by atoms with E-state index in [1.54, 1.807) is 0 Å². The zero-order valence-electron chi connectivity index (χ0n) is 7.28. The predicted molar refractivity (Wildman–Crippen MR) is 39.3 cm³/mol. The van der Waals surface area contributed by atoms with Gasteiger partial charge in [-0.25, -0.2) is 18.0 Å². The van der Waals surface area contributed by atoms with Crippen molar-refractivity contribution in [2.45, 2.75) is 37.3 Å². The Hall–Kier alpha value is -0.740. The van der Waals surface area contributed by atoms with Crippen LogP contribution in [0.2, 0.25) is 0 Å². The van der Waals surface area contributed by atoms with Gasteiger partial charge in [0.15, 0.2) is 0 Å². The van der Waals surface area contributed by atoms with Crippen LogP contribution in [0.5, 0.6) is 0 Å². The summed E-state index contributed by atoms with van der Waals surface area (Å²) < 4.78 is 43.6. The van der Waals surface area contributed by atoms with E-state index in [2.05, 4.69) is 4.74 Å². The third kappa shape index (κ3) is 1.51. The minimum Gasteiger partial charge on any atom is -0.466 e. The molecule has 0 aromatic carbocycles. The molecule has 0 radical (unpaired) electrons. The molecule has 0 aliphatic heterocycles. The molecule has 1 fully saturated rings. The number of hydrogen-bond acceptors (Lipinski definition) is 2. The van der Waals surface area contributed by atoms with Gasteiger partial charge in [0.2, 0.25) is 0 Å². The largest absolute Gasteiger partial charge is 0.466 e. The molecule has 1 atom stereocenters. The van der Waals surface area contributed by atoms with Gasteiger partial charge < -0.3 is 4.74 Å². The number of esters is 1. The van der Waals surface area contributed by atoms with Crippen LogP contribution in [-0.2, 0) is 9.53 Å². The van der Waals surface area contributed by atoms with Crippen molar-refractivity contribution in [3.63, 3.8) is 0 Å². The lowest BCUT2D eigenvalue weighted by Gasteiger charge is -2.34. The Morgan fingerprint density at radius 1 is 1.23 bits per heavy atom. The average molecular weight is 196 g/mol.